The molecule has 1 aromatic heterocycles. The van der Waals surface area contributed by atoms with Gasteiger partial charge >= 0.3 is 0 Å². The Kier molecular flexibility index (Phi) is 6.90. The van der Waals surface area contributed by atoms with Crippen LogP contribution in [0.25, 0.3) is 0 Å². The van der Waals surface area contributed by atoms with Gasteiger partial charge in [0.15, 0.2) is 17.6 Å². The Morgan fingerprint density at radius 2 is 2.03 bits per heavy atom. The Balaban J connectivity index is 1.51. The number of hydrogen-bond donors (Lipinski definition) is 1. The summed E-state index contributed by atoms with van der Waals surface area (Å²) >= 11 is 0. The molecule has 1 aliphatic carbocycles. The van der Waals surface area contributed by atoms with Crippen LogP contribution in [0.5, 0.6) is 11.5 Å². The normalized spacial score (nSPS) is 15.1. The SMILES string of the molecule is COc1cc(C)ccc1OC(C)C(=O)NCCn1cnc(C2CCCC2)cc1=O. The van der Waals surface area contributed by atoms with Gasteiger partial charge in [-0.3, -0.25) is 14.2 Å². The fourth-order valence-electron chi connectivity index (χ4n) is 3.61. The van der Waals surface area contributed by atoms with E-state index >= 15 is 0 Å². The highest BCUT2D eigenvalue weighted by Crippen LogP contribution is 2.32. The quantitative estimate of drug-likeness (QED) is 0.738. The molecule has 2 aromatic rings. The predicted molar refractivity (Wildman–Crippen MR) is 111 cm³/mol. The monoisotopic (exact) mass is 399 g/mol. The second kappa shape index (κ2) is 9.58. The number of amides is 1. The van der Waals surface area contributed by atoms with E-state index in [9.17, 15) is 9.59 Å². The zero-order valence-electron chi connectivity index (χ0n) is 17.3. The molecule has 1 fully saturated rings. The lowest BCUT2D eigenvalue weighted by atomic mass is 10.0. The van der Waals surface area contributed by atoms with Crippen molar-refractivity contribution in [2.45, 2.75) is 58.1 Å². The maximum absolute atomic E-state index is 12.3. The minimum absolute atomic E-state index is 0.0789. The van der Waals surface area contributed by atoms with Gasteiger partial charge in [-0.1, -0.05) is 18.9 Å². The number of carbonyl (C=O) groups is 1. The van der Waals surface area contributed by atoms with Crippen LogP contribution in [0.15, 0.2) is 35.4 Å². The van der Waals surface area contributed by atoms with Crippen molar-refractivity contribution in [1.29, 1.82) is 0 Å². The van der Waals surface area contributed by atoms with E-state index in [1.165, 1.54) is 17.4 Å². The molecule has 0 aliphatic heterocycles. The van der Waals surface area contributed by atoms with Crippen molar-refractivity contribution in [2.24, 2.45) is 0 Å². The summed E-state index contributed by atoms with van der Waals surface area (Å²) in [5, 5.41) is 2.80. The number of ether oxygens (including phenoxy) is 2. The van der Waals surface area contributed by atoms with E-state index in [2.05, 4.69) is 10.3 Å². The molecule has 3 rings (SSSR count). The molecule has 29 heavy (non-hydrogen) atoms. The molecule has 1 heterocycles. The Hall–Kier alpha value is -2.83. The maximum Gasteiger partial charge on any atom is 0.260 e. The smallest absolute Gasteiger partial charge is 0.260 e. The third-order valence-electron chi connectivity index (χ3n) is 5.32. The minimum Gasteiger partial charge on any atom is -0.493 e. The lowest BCUT2D eigenvalue weighted by molar-refractivity contribution is -0.127. The molecule has 7 heteroatoms. The van der Waals surface area contributed by atoms with Crippen LogP contribution in [0.1, 0.15) is 49.8 Å². The van der Waals surface area contributed by atoms with Crippen molar-refractivity contribution in [1.82, 2.24) is 14.9 Å². The standard InChI is InChI=1S/C22H29N3O4/c1-15-8-9-19(20(12-15)28-3)29-16(2)22(27)23-10-11-25-14-24-18(13-21(25)26)17-6-4-5-7-17/h8-9,12-14,16-17H,4-7,10-11H2,1-3H3,(H,23,27). The van der Waals surface area contributed by atoms with Crippen LogP contribution < -0.4 is 20.3 Å². The number of nitrogens with zero attached hydrogens (tertiary/aromatic N) is 2. The number of aromatic nitrogens is 2. The number of benzene rings is 1. The van der Waals surface area contributed by atoms with Gasteiger partial charge in [0.25, 0.3) is 11.5 Å². The summed E-state index contributed by atoms with van der Waals surface area (Å²) in [7, 11) is 1.57. The zero-order valence-corrected chi connectivity index (χ0v) is 17.3. The van der Waals surface area contributed by atoms with Crippen LogP contribution in [-0.4, -0.2) is 35.2 Å². The van der Waals surface area contributed by atoms with Gasteiger partial charge < -0.3 is 14.8 Å². The highest BCUT2D eigenvalue weighted by Gasteiger charge is 2.19. The van der Waals surface area contributed by atoms with Crippen molar-refractivity contribution in [2.75, 3.05) is 13.7 Å². The van der Waals surface area contributed by atoms with Crippen molar-refractivity contribution in [3.05, 3.63) is 52.2 Å². The van der Waals surface area contributed by atoms with Crippen molar-refractivity contribution >= 4 is 5.91 Å². The van der Waals surface area contributed by atoms with Gasteiger partial charge in [0.05, 0.1) is 19.1 Å². The Bertz CT molecular complexity index is 903. The summed E-state index contributed by atoms with van der Waals surface area (Å²) in [6, 6.07) is 7.17. The van der Waals surface area contributed by atoms with Crippen LogP contribution in [0.3, 0.4) is 0 Å². The largest absolute Gasteiger partial charge is 0.493 e. The number of rotatable bonds is 8. The number of carbonyl (C=O) groups excluding carboxylic acids is 1. The lowest BCUT2D eigenvalue weighted by Gasteiger charge is -2.17. The minimum atomic E-state index is -0.689. The van der Waals surface area contributed by atoms with Gasteiger partial charge in [0.1, 0.15) is 0 Å². The number of nitrogens with one attached hydrogen (secondary N) is 1. The van der Waals surface area contributed by atoms with E-state index < -0.39 is 6.10 Å². The first-order valence-electron chi connectivity index (χ1n) is 10.1. The molecule has 0 spiro atoms. The molecule has 0 bridgehead atoms. The van der Waals surface area contributed by atoms with E-state index in [4.69, 9.17) is 9.47 Å². The second-order valence-corrected chi connectivity index (χ2v) is 7.53. The highest BCUT2D eigenvalue weighted by atomic mass is 16.5. The van der Waals surface area contributed by atoms with E-state index in [0.29, 0.717) is 30.5 Å². The Morgan fingerprint density at radius 1 is 1.28 bits per heavy atom. The van der Waals surface area contributed by atoms with E-state index in [0.717, 1.165) is 24.1 Å². The lowest BCUT2D eigenvalue weighted by Crippen LogP contribution is -2.39. The first-order valence-corrected chi connectivity index (χ1v) is 10.1. The molecule has 1 unspecified atom stereocenters. The molecule has 7 nitrogen and oxygen atoms in total. The van der Waals surface area contributed by atoms with Gasteiger partial charge in [0, 0.05) is 25.1 Å². The maximum atomic E-state index is 12.3. The topological polar surface area (TPSA) is 82.4 Å². The van der Waals surface area contributed by atoms with Crippen molar-refractivity contribution in [3.63, 3.8) is 0 Å². The first-order chi connectivity index (χ1) is 14.0. The average Bonchev–Trinajstić information content (AvgIpc) is 3.25. The zero-order chi connectivity index (χ0) is 20.8. The van der Waals surface area contributed by atoms with Crippen LogP contribution >= 0.6 is 0 Å². The van der Waals surface area contributed by atoms with Gasteiger partial charge in [-0.15, -0.1) is 0 Å². The molecule has 1 amide bonds. The molecule has 1 aliphatic rings. The predicted octanol–water partition coefficient (Wildman–Crippen LogP) is 2.80. The van der Waals surface area contributed by atoms with E-state index in [-0.39, 0.29) is 11.5 Å². The van der Waals surface area contributed by atoms with Gasteiger partial charge in [-0.2, -0.15) is 0 Å². The molecule has 1 atom stereocenters. The molecule has 156 valence electrons. The molecule has 0 saturated heterocycles. The second-order valence-electron chi connectivity index (χ2n) is 7.53. The van der Waals surface area contributed by atoms with Gasteiger partial charge in [-0.05, 0) is 44.4 Å². The molecule has 1 saturated carbocycles. The number of aryl methyl sites for hydroxylation is 1. The third kappa shape index (κ3) is 5.37. The molecule has 1 aromatic carbocycles. The summed E-state index contributed by atoms with van der Waals surface area (Å²) in [4.78, 5) is 29.1. The van der Waals surface area contributed by atoms with Crippen molar-refractivity contribution in [3.8, 4) is 11.5 Å². The molecular formula is C22H29N3O4. The summed E-state index contributed by atoms with van der Waals surface area (Å²) in [6.07, 6.45) is 5.52. The third-order valence-corrected chi connectivity index (χ3v) is 5.32. The van der Waals surface area contributed by atoms with Gasteiger partial charge in [-0.25, -0.2) is 4.98 Å². The van der Waals surface area contributed by atoms with Crippen LogP contribution in [0.2, 0.25) is 0 Å². The van der Waals surface area contributed by atoms with Gasteiger partial charge in [0.2, 0.25) is 0 Å². The summed E-state index contributed by atoms with van der Waals surface area (Å²) < 4.78 is 12.6. The van der Waals surface area contributed by atoms with E-state index in [1.54, 1.807) is 32.5 Å². The fraction of sp³-hybridized carbons (Fsp3) is 0.500. The molecule has 0 radical (unpaired) electrons. The Labute approximate surface area is 171 Å². The van der Waals surface area contributed by atoms with E-state index in [1.807, 2.05) is 19.1 Å². The number of hydrogen-bond acceptors (Lipinski definition) is 5. The Morgan fingerprint density at radius 3 is 2.72 bits per heavy atom. The average molecular weight is 399 g/mol. The summed E-state index contributed by atoms with van der Waals surface area (Å²) in [5.41, 5.74) is 1.86. The van der Waals surface area contributed by atoms with Crippen molar-refractivity contribution < 1.29 is 14.3 Å². The van der Waals surface area contributed by atoms with Crippen LogP contribution in [-0.2, 0) is 11.3 Å². The molecule has 1 N–H and O–H groups in total. The molecular weight excluding hydrogens is 370 g/mol. The highest BCUT2D eigenvalue weighted by molar-refractivity contribution is 5.80. The van der Waals surface area contributed by atoms with Crippen LogP contribution in [0.4, 0.5) is 0 Å². The number of methoxy groups -OCH3 is 1. The summed E-state index contributed by atoms with van der Waals surface area (Å²) in [5.74, 6) is 1.26. The van der Waals surface area contributed by atoms with Crippen LogP contribution in [0, 0.1) is 6.92 Å². The summed E-state index contributed by atoms with van der Waals surface area (Å²) in [6.45, 7) is 4.32. The first kappa shape index (κ1) is 20.9. The fourth-order valence-corrected chi connectivity index (χ4v) is 3.61.